The first kappa shape index (κ1) is 13.0. The number of nitrogens with two attached hydrogens (primary N) is 1. The number of nitrogens with one attached hydrogen (secondary N) is 1. The van der Waals surface area contributed by atoms with Crippen molar-refractivity contribution in [3.63, 3.8) is 0 Å². The van der Waals surface area contributed by atoms with Crippen LogP contribution < -0.4 is 11.3 Å². The molecule has 1 aromatic carbocycles. The summed E-state index contributed by atoms with van der Waals surface area (Å²) >= 11 is 0. The van der Waals surface area contributed by atoms with Crippen LogP contribution in [0.5, 0.6) is 0 Å². The Kier molecular flexibility index (Phi) is 3.93. The predicted molar refractivity (Wildman–Crippen MR) is 64.4 cm³/mol. The van der Waals surface area contributed by atoms with Crippen LogP contribution in [-0.4, -0.2) is 6.61 Å². The van der Waals surface area contributed by atoms with E-state index >= 15 is 0 Å². The van der Waals surface area contributed by atoms with Crippen molar-refractivity contribution in [2.45, 2.75) is 25.8 Å². The maximum absolute atomic E-state index is 14.1. The molecule has 0 saturated carbocycles. The Hall–Kier alpha value is -1.46. The second-order valence-electron chi connectivity index (χ2n) is 4.36. The van der Waals surface area contributed by atoms with Crippen LogP contribution in [0.15, 0.2) is 24.0 Å². The van der Waals surface area contributed by atoms with Gasteiger partial charge in [-0.25, -0.2) is 14.2 Å². The van der Waals surface area contributed by atoms with Gasteiger partial charge in [0, 0.05) is 5.56 Å². The quantitative estimate of drug-likeness (QED) is 0.643. The van der Waals surface area contributed by atoms with Crippen molar-refractivity contribution < 1.29 is 13.5 Å². The highest BCUT2D eigenvalue weighted by Crippen LogP contribution is 2.31. The van der Waals surface area contributed by atoms with Gasteiger partial charge in [0.2, 0.25) is 0 Å². The van der Waals surface area contributed by atoms with E-state index in [0.29, 0.717) is 18.6 Å². The Morgan fingerprint density at radius 2 is 2.17 bits per heavy atom. The lowest BCUT2D eigenvalue weighted by Gasteiger charge is -2.24. The van der Waals surface area contributed by atoms with Crippen molar-refractivity contribution in [1.82, 2.24) is 5.43 Å². The summed E-state index contributed by atoms with van der Waals surface area (Å²) in [5.74, 6) is 4.27. The van der Waals surface area contributed by atoms with E-state index in [-0.39, 0.29) is 5.56 Å². The van der Waals surface area contributed by atoms with Gasteiger partial charge in [-0.2, -0.15) is 0 Å². The molecule has 0 amide bonds. The third-order valence-corrected chi connectivity index (χ3v) is 3.11. The van der Waals surface area contributed by atoms with Crippen molar-refractivity contribution in [3.05, 3.63) is 46.7 Å². The number of hydrogen-bond donors (Lipinski definition) is 2. The van der Waals surface area contributed by atoms with E-state index in [9.17, 15) is 8.78 Å². The Morgan fingerprint density at radius 1 is 1.39 bits per heavy atom. The molecule has 5 heteroatoms. The predicted octanol–water partition coefficient (Wildman–Crippen LogP) is 2.47. The van der Waals surface area contributed by atoms with E-state index < -0.39 is 17.7 Å². The lowest BCUT2D eigenvalue weighted by molar-refractivity contribution is 0.219. The minimum absolute atomic E-state index is 0.0470. The minimum atomic E-state index is -0.690. The molecule has 1 heterocycles. The van der Waals surface area contributed by atoms with Crippen molar-refractivity contribution >= 4 is 0 Å². The van der Waals surface area contributed by atoms with Crippen LogP contribution in [0.4, 0.5) is 8.78 Å². The van der Waals surface area contributed by atoms with Crippen molar-refractivity contribution in [1.29, 1.82) is 0 Å². The van der Waals surface area contributed by atoms with Gasteiger partial charge in [0.05, 0.1) is 18.9 Å². The molecular weight excluding hydrogens is 238 g/mol. The van der Waals surface area contributed by atoms with Crippen LogP contribution in [0.1, 0.15) is 30.0 Å². The average Bonchev–Trinajstić information content (AvgIpc) is 2.40. The molecule has 1 aliphatic rings. The first-order chi connectivity index (χ1) is 8.65. The molecule has 18 heavy (non-hydrogen) atoms. The molecule has 1 aromatic rings. The maximum Gasteiger partial charge on any atom is 0.134 e. The lowest BCUT2D eigenvalue weighted by Crippen LogP contribution is -2.32. The Labute approximate surface area is 105 Å². The molecule has 98 valence electrons. The number of aryl methyl sites for hydroxylation is 1. The average molecular weight is 254 g/mol. The summed E-state index contributed by atoms with van der Waals surface area (Å²) in [5.41, 5.74) is 3.57. The summed E-state index contributed by atoms with van der Waals surface area (Å²) < 4.78 is 33.1. The largest absolute Gasteiger partial charge is 0.501 e. The summed E-state index contributed by atoms with van der Waals surface area (Å²) in [7, 11) is 0. The van der Waals surface area contributed by atoms with E-state index in [1.807, 2.05) is 0 Å². The molecule has 3 N–H and O–H groups in total. The second-order valence-corrected chi connectivity index (χ2v) is 4.36. The van der Waals surface area contributed by atoms with E-state index in [2.05, 4.69) is 5.43 Å². The molecular formula is C13H16F2N2O. The van der Waals surface area contributed by atoms with E-state index in [1.54, 1.807) is 6.92 Å². The number of halogens is 2. The highest BCUT2D eigenvalue weighted by atomic mass is 19.1. The van der Waals surface area contributed by atoms with Crippen molar-refractivity contribution in [2.75, 3.05) is 6.61 Å². The summed E-state index contributed by atoms with van der Waals surface area (Å²) in [6.07, 6.45) is 3.07. The molecule has 3 nitrogen and oxygen atoms in total. The number of benzene rings is 1. The van der Waals surface area contributed by atoms with Gasteiger partial charge in [0.15, 0.2) is 0 Å². The van der Waals surface area contributed by atoms with Crippen LogP contribution in [0.3, 0.4) is 0 Å². The van der Waals surface area contributed by atoms with Crippen LogP contribution >= 0.6 is 0 Å². The van der Waals surface area contributed by atoms with Crippen LogP contribution in [0, 0.1) is 18.6 Å². The van der Waals surface area contributed by atoms with Gasteiger partial charge in [-0.3, -0.25) is 5.84 Å². The Balaban J connectivity index is 2.44. The van der Waals surface area contributed by atoms with E-state index in [4.69, 9.17) is 10.6 Å². The van der Waals surface area contributed by atoms with Crippen molar-refractivity contribution in [2.24, 2.45) is 5.84 Å². The summed E-state index contributed by atoms with van der Waals surface area (Å²) in [6, 6.07) is 1.97. The second kappa shape index (κ2) is 5.46. The molecule has 0 bridgehead atoms. The topological polar surface area (TPSA) is 47.3 Å². The molecule has 2 rings (SSSR count). The fourth-order valence-corrected chi connectivity index (χ4v) is 2.12. The monoisotopic (exact) mass is 254 g/mol. The molecule has 0 spiro atoms. The molecule has 0 aromatic heterocycles. The fourth-order valence-electron chi connectivity index (χ4n) is 2.12. The van der Waals surface area contributed by atoms with Crippen LogP contribution in [0.25, 0.3) is 0 Å². The molecule has 0 fully saturated rings. The molecule has 1 atom stereocenters. The van der Waals surface area contributed by atoms with Crippen LogP contribution in [0.2, 0.25) is 0 Å². The number of hydrazine groups is 1. The van der Waals surface area contributed by atoms with Gasteiger partial charge >= 0.3 is 0 Å². The van der Waals surface area contributed by atoms with Gasteiger partial charge in [-0.05, 0) is 37.0 Å². The maximum atomic E-state index is 14.1. The van der Waals surface area contributed by atoms with Gasteiger partial charge in [-0.15, -0.1) is 0 Å². The molecule has 0 saturated heterocycles. The lowest BCUT2D eigenvalue weighted by atomic mass is 9.94. The highest BCUT2D eigenvalue weighted by Gasteiger charge is 2.25. The third-order valence-electron chi connectivity index (χ3n) is 3.11. The normalized spacial score (nSPS) is 17.0. The van der Waals surface area contributed by atoms with Gasteiger partial charge in [-0.1, -0.05) is 6.07 Å². The Morgan fingerprint density at radius 3 is 2.78 bits per heavy atom. The molecule has 1 unspecified atom stereocenters. The summed E-state index contributed by atoms with van der Waals surface area (Å²) in [5, 5.41) is 0. The smallest absolute Gasteiger partial charge is 0.134 e. The highest BCUT2D eigenvalue weighted by molar-refractivity contribution is 5.34. The number of hydrogen-bond acceptors (Lipinski definition) is 3. The zero-order valence-corrected chi connectivity index (χ0v) is 10.2. The van der Waals surface area contributed by atoms with Crippen molar-refractivity contribution in [3.8, 4) is 0 Å². The molecule has 1 aliphatic heterocycles. The first-order valence-electron chi connectivity index (χ1n) is 5.86. The third kappa shape index (κ3) is 2.37. The van der Waals surface area contributed by atoms with E-state index in [1.165, 1.54) is 18.4 Å². The van der Waals surface area contributed by atoms with Crippen LogP contribution in [-0.2, 0) is 4.74 Å². The minimum Gasteiger partial charge on any atom is -0.501 e. The zero-order chi connectivity index (χ0) is 13.1. The van der Waals surface area contributed by atoms with Gasteiger partial charge in [0.1, 0.15) is 11.6 Å². The summed E-state index contributed by atoms with van der Waals surface area (Å²) in [6.45, 7) is 2.22. The SMILES string of the molecule is Cc1ccc(F)c(C(NN)C2=COCCC2)c1F. The Bertz CT molecular complexity index is 474. The van der Waals surface area contributed by atoms with Gasteiger partial charge in [0.25, 0.3) is 0 Å². The fraction of sp³-hybridized carbons (Fsp3) is 0.385. The standard InChI is InChI=1S/C13H16F2N2O/c1-8-4-5-10(14)11(12(8)15)13(17-16)9-3-2-6-18-7-9/h4-5,7,13,17H,2-3,6,16H2,1H3. The van der Waals surface area contributed by atoms with E-state index in [0.717, 1.165) is 12.0 Å². The molecule has 0 aliphatic carbocycles. The summed E-state index contributed by atoms with van der Waals surface area (Å²) in [4.78, 5) is 0. The number of rotatable bonds is 3. The molecule has 0 radical (unpaired) electrons. The first-order valence-corrected chi connectivity index (χ1v) is 5.86. The number of ether oxygens (including phenoxy) is 1. The van der Waals surface area contributed by atoms with Gasteiger partial charge < -0.3 is 4.74 Å². The zero-order valence-electron chi connectivity index (χ0n) is 10.2.